The van der Waals surface area contributed by atoms with Gasteiger partial charge < -0.3 is 0 Å². The highest BCUT2D eigenvalue weighted by Gasteiger charge is 2.13. The number of halogens is 3. The summed E-state index contributed by atoms with van der Waals surface area (Å²) in [7, 11) is 0. The summed E-state index contributed by atoms with van der Waals surface area (Å²) in [6.07, 6.45) is 0.480. The van der Waals surface area contributed by atoms with E-state index in [9.17, 15) is 9.59 Å². The zero-order chi connectivity index (χ0) is 10.0. The first-order valence-electron chi connectivity index (χ1n) is 3.21. The van der Waals surface area contributed by atoms with Gasteiger partial charge in [0.05, 0.1) is 21.2 Å². The Bertz CT molecular complexity index is 374. The molecule has 13 heavy (non-hydrogen) atoms. The Morgan fingerprint density at radius 3 is 2.38 bits per heavy atom. The highest BCUT2D eigenvalue weighted by atomic mass is 35.5. The van der Waals surface area contributed by atoms with E-state index in [4.69, 9.17) is 34.8 Å². The molecule has 0 saturated carbocycles. The maximum absolute atomic E-state index is 10.8. The number of hydrogen-bond acceptors (Lipinski definition) is 2. The molecular weight excluding hydrogens is 234 g/mol. The van der Waals surface area contributed by atoms with Gasteiger partial charge in [-0.15, -0.1) is 0 Å². The lowest BCUT2D eigenvalue weighted by Crippen LogP contribution is -1.94. The molecule has 0 amide bonds. The van der Waals surface area contributed by atoms with Gasteiger partial charge in [0.25, 0.3) is 5.24 Å². The number of rotatable bonds is 2. The minimum Gasteiger partial charge on any atom is -0.298 e. The third kappa shape index (κ3) is 2.02. The van der Waals surface area contributed by atoms with Gasteiger partial charge in [-0.1, -0.05) is 23.2 Å². The molecule has 1 aromatic carbocycles. The second-order valence-corrected chi connectivity index (χ2v) is 3.34. The van der Waals surface area contributed by atoms with E-state index >= 15 is 0 Å². The summed E-state index contributed by atoms with van der Waals surface area (Å²) in [6.45, 7) is 0. The number of benzene rings is 1. The molecule has 1 rings (SSSR count). The summed E-state index contributed by atoms with van der Waals surface area (Å²) in [6, 6.07) is 2.76. The molecule has 0 aliphatic heterocycles. The molecule has 0 unspecified atom stereocenters. The van der Waals surface area contributed by atoms with E-state index in [0.717, 1.165) is 0 Å². The van der Waals surface area contributed by atoms with Gasteiger partial charge in [-0.3, -0.25) is 9.59 Å². The maximum Gasteiger partial charge on any atom is 0.253 e. The molecule has 0 spiro atoms. The third-order valence-electron chi connectivity index (χ3n) is 1.46. The largest absolute Gasteiger partial charge is 0.298 e. The molecule has 1 aromatic rings. The Hall–Kier alpha value is -0.570. The third-order valence-corrected chi connectivity index (χ3v) is 2.40. The average Bonchev–Trinajstić information content (AvgIpc) is 2.04. The molecule has 0 heterocycles. The fourth-order valence-corrected chi connectivity index (χ4v) is 1.58. The van der Waals surface area contributed by atoms with Crippen LogP contribution in [0, 0.1) is 0 Å². The number of aldehydes is 1. The van der Waals surface area contributed by atoms with Crippen molar-refractivity contribution in [3.8, 4) is 0 Å². The predicted molar refractivity (Wildman–Crippen MR) is 52.0 cm³/mol. The topological polar surface area (TPSA) is 34.1 Å². The molecule has 0 atom stereocenters. The lowest BCUT2D eigenvalue weighted by molar-refractivity contribution is 0.108. The summed E-state index contributed by atoms with van der Waals surface area (Å²) in [5.74, 6) is 0. The molecular formula is C8H3Cl3O2. The average molecular weight is 237 g/mol. The van der Waals surface area contributed by atoms with Gasteiger partial charge in [0.2, 0.25) is 0 Å². The smallest absolute Gasteiger partial charge is 0.253 e. The predicted octanol–water partition coefficient (Wildman–Crippen LogP) is 3.18. The molecule has 68 valence electrons. The zero-order valence-electron chi connectivity index (χ0n) is 6.18. The molecule has 0 saturated heterocycles. The van der Waals surface area contributed by atoms with Crippen LogP contribution in [0.1, 0.15) is 20.7 Å². The van der Waals surface area contributed by atoms with E-state index < -0.39 is 5.24 Å². The van der Waals surface area contributed by atoms with E-state index in [1.54, 1.807) is 0 Å². The second kappa shape index (κ2) is 4.09. The highest BCUT2D eigenvalue weighted by molar-refractivity contribution is 6.69. The Morgan fingerprint density at radius 1 is 1.31 bits per heavy atom. The molecule has 0 aromatic heterocycles. The SMILES string of the molecule is O=Cc1c(Cl)ccc(C(=O)Cl)c1Cl. The van der Waals surface area contributed by atoms with Crippen molar-refractivity contribution in [2.75, 3.05) is 0 Å². The molecule has 0 N–H and O–H groups in total. The van der Waals surface area contributed by atoms with E-state index in [0.29, 0.717) is 6.29 Å². The molecule has 0 fully saturated rings. The zero-order valence-corrected chi connectivity index (χ0v) is 8.45. The monoisotopic (exact) mass is 236 g/mol. The first kappa shape index (κ1) is 10.5. The van der Waals surface area contributed by atoms with Gasteiger partial charge in [-0.25, -0.2) is 0 Å². The second-order valence-electron chi connectivity index (χ2n) is 2.21. The van der Waals surface area contributed by atoms with Crippen molar-refractivity contribution in [1.82, 2.24) is 0 Å². The first-order chi connectivity index (χ1) is 6.07. The van der Waals surface area contributed by atoms with E-state index in [1.165, 1.54) is 12.1 Å². The minimum atomic E-state index is -0.718. The van der Waals surface area contributed by atoms with Gasteiger partial charge in [0, 0.05) is 0 Å². The standard InChI is InChI=1S/C8H3Cl3O2/c9-6-2-1-4(8(11)13)7(10)5(6)3-12/h1-3H. The Morgan fingerprint density at radius 2 is 1.92 bits per heavy atom. The van der Waals surface area contributed by atoms with Crippen LogP contribution in [-0.4, -0.2) is 11.5 Å². The molecule has 0 bridgehead atoms. The molecule has 2 nitrogen and oxygen atoms in total. The van der Waals surface area contributed by atoms with Crippen LogP contribution in [0.25, 0.3) is 0 Å². The van der Waals surface area contributed by atoms with Crippen LogP contribution in [0.5, 0.6) is 0 Å². The van der Waals surface area contributed by atoms with Crippen LogP contribution >= 0.6 is 34.8 Å². The maximum atomic E-state index is 10.8. The Labute approximate surface area is 89.4 Å². The van der Waals surface area contributed by atoms with Crippen LogP contribution in [0.2, 0.25) is 10.0 Å². The normalized spacial score (nSPS) is 9.77. The molecule has 0 radical (unpaired) electrons. The minimum absolute atomic E-state index is 0.0116. The van der Waals surface area contributed by atoms with Crippen molar-refractivity contribution in [2.45, 2.75) is 0 Å². The van der Waals surface area contributed by atoms with Gasteiger partial charge in [-0.05, 0) is 23.7 Å². The summed E-state index contributed by atoms with van der Waals surface area (Å²) >= 11 is 16.5. The first-order valence-corrected chi connectivity index (χ1v) is 4.34. The van der Waals surface area contributed by atoms with Crippen molar-refractivity contribution in [3.63, 3.8) is 0 Å². The van der Waals surface area contributed by atoms with Crippen molar-refractivity contribution < 1.29 is 9.59 Å². The molecule has 0 aliphatic rings. The van der Waals surface area contributed by atoms with Gasteiger partial charge in [0.15, 0.2) is 6.29 Å². The van der Waals surface area contributed by atoms with Gasteiger partial charge in [-0.2, -0.15) is 0 Å². The van der Waals surface area contributed by atoms with Crippen LogP contribution in [0.3, 0.4) is 0 Å². The van der Waals surface area contributed by atoms with E-state index in [-0.39, 0.29) is 21.2 Å². The Kier molecular flexibility index (Phi) is 3.31. The van der Waals surface area contributed by atoms with Gasteiger partial charge in [0.1, 0.15) is 0 Å². The molecule has 0 aliphatic carbocycles. The lowest BCUT2D eigenvalue weighted by atomic mass is 10.1. The van der Waals surface area contributed by atoms with Crippen LogP contribution in [0.4, 0.5) is 0 Å². The number of carbonyl (C=O) groups is 2. The quantitative estimate of drug-likeness (QED) is 0.585. The van der Waals surface area contributed by atoms with Gasteiger partial charge >= 0.3 is 0 Å². The fraction of sp³-hybridized carbons (Fsp3) is 0. The highest BCUT2D eigenvalue weighted by Crippen LogP contribution is 2.27. The summed E-state index contributed by atoms with van der Waals surface area (Å²) in [4.78, 5) is 21.3. The van der Waals surface area contributed by atoms with Crippen LogP contribution < -0.4 is 0 Å². The van der Waals surface area contributed by atoms with Crippen molar-refractivity contribution in [1.29, 1.82) is 0 Å². The lowest BCUT2D eigenvalue weighted by Gasteiger charge is -2.02. The van der Waals surface area contributed by atoms with Crippen molar-refractivity contribution in [3.05, 3.63) is 33.3 Å². The number of carbonyl (C=O) groups excluding carboxylic acids is 2. The van der Waals surface area contributed by atoms with Crippen molar-refractivity contribution in [2.24, 2.45) is 0 Å². The van der Waals surface area contributed by atoms with Crippen LogP contribution in [-0.2, 0) is 0 Å². The summed E-state index contributed by atoms with van der Waals surface area (Å²) < 4.78 is 0. The fourth-order valence-electron chi connectivity index (χ4n) is 0.829. The van der Waals surface area contributed by atoms with Crippen LogP contribution in [0.15, 0.2) is 12.1 Å². The summed E-state index contributed by atoms with van der Waals surface area (Å²) in [5.41, 5.74) is 0.157. The number of hydrogen-bond donors (Lipinski definition) is 0. The summed E-state index contributed by atoms with van der Waals surface area (Å²) in [5, 5.41) is -0.533. The van der Waals surface area contributed by atoms with E-state index in [1.807, 2.05) is 0 Å². The van der Waals surface area contributed by atoms with E-state index in [2.05, 4.69) is 0 Å². The molecule has 5 heteroatoms. The van der Waals surface area contributed by atoms with Crippen molar-refractivity contribution >= 4 is 46.3 Å². The Balaban J connectivity index is 3.44.